The Hall–Kier alpha value is -1.75. The van der Waals surface area contributed by atoms with E-state index in [0.717, 1.165) is 0 Å². The van der Waals surface area contributed by atoms with E-state index in [4.69, 9.17) is 4.74 Å². The molecule has 0 aliphatic carbocycles. The Morgan fingerprint density at radius 3 is 2.53 bits per heavy atom. The summed E-state index contributed by atoms with van der Waals surface area (Å²) in [4.78, 5) is 11.6. The van der Waals surface area contributed by atoms with Crippen molar-refractivity contribution < 1.29 is 19.7 Å². The summed E-state index contributed by atoms with van der Waals surface area (Å²) in [6.07, 6.45) is -0.246. The van der Waals surface area contributed by atoms with Crippen molar-refractivity contribution in [2.75, 3.05) is 6.61 Å². The molecule has 106 valence electrons. The molecule has 0 aliphatic rings. The standard InChI is InChI=1S/C14H21NO4/c1-14(2,3)19-13(18)15-11(9-16)8-10-6-4-5-7-12(10)17/h4-7,11,16-17H,8-9H2,1-3H3,(H,15,18). The van der Waals surface area contributed by atoms with Crippen molar-refractivity contribution in [3.05, 3.63) is 29.8 Å². The predicted octanol–water partition coefficient (Wildman–Crippen LogP) is 1.82. The third-order valence-corrected chi connectivity index (χ3v) is 2.40. The fourth-order valence-electron chi connectivity index (χ4n) is 1.58. The summed E-state index contributed by atoms with van der Waals surface area (Å²) in [5.74, 6) is 0.145. The van der Waals surface area contributed by atoms with Crippen molar-refractivity contribution in [3.8, 4) is 5.75 Å². The Balaban J connectivity index is 2.60. The van der Waals surface area contributed by atoms with Gasteiger partial charge < -0.3 is 20.3 Å². The third kappa shape index (κ3) is 5.61. The number of aromatic hydroxyl groups is 1. The molecule has 19 heavy (non-hydrogen) atoms. The number of alkyl carbamates (subject to hydrolysis) is 1. The molecule has 1 aromatic carbocycles. The van der Waals surface area contributed by atoms with Gasteiger partial charge in [-0.2, -0.15) is 0 Å². The van der Waals surface area contributed by atoms with Gasteiger partial charge in [-0.05, 0) is 38.8 Å². The van der Waals surface area contributed by atoms with E-state index in [1.54, 1.807) is 45.0 Å². The number of carbonyl (C=O) groups is 1. The molecule has 1 rings (SSSR count). The molecular formula is C14H21NO4. The van der Waals surface area contributed by atoms with Gasteiger partial charge in [0.1, 0.15) is 11.4 Å². The van der Waals surface area contributed by atoms with Crippen molar-refractivity contribution >= 4 is 6.09 Å². The van der Waals surface area contributed by atoms with Crippen LogP contribution >= 0.6 is 0 Å². The van der Waals surface area contributed by atoms with Crippen molar-refractivity contribution in [1.29, 1.82) is 0 Å². The second-order valence-electron chi connectivity index (χ2n) is 5.36. The van der Waals surface area contributed by atoms with E-state index in [1.165, 1.54) is 0 Å². The quantitative estimate of drug-likeness (QED) is 0.777. The summed E-state index contributed by atoms with van der Waals surface area (Å²) < 4.78 is 5.11. The Labute approximate surface area is 113 Å². The minimum atomic E-state index is -0.584. The highest BCUT2D eigenvalue weighted by molar-refractivity contribution is 5.68. The molecule has 3 N–H and O–H groups in total. The summed E-state index contributed by atoms with van der Waals surface area (Å²) in [6, 6.07) is 6.32. The zero-order valence-electron chi connectivity index (χ0n) is 11.5. The van der Waals surface area contributed by atoms with E-state index in [1.807, 2.05) is 0 Å². The number of aliphatic hydroxyl groups is 1. The highest BCUT2D eigenvalue weighted by atomic mass is 16.6. The number of phenols is 1. The van der Waals surface area contributed by atoms with Crippen LogP contribution in [0.4, 0.5) is 4.79 Å². The Morgan fingerprint density at radius 2 is 2.00 bits per heavy atom. The molecule has 0 spiro atoms. The first-order valence-corrected chi connectivity index (χ1v) is 6.19. The normalized spacial score (nSPS) is 12.8. The molecule has 0 fully saturated rings. The first-order chi connectivity index (χ1) is 8.81. The Bertz CT molecular complexity index is 426. The first-order valence-electron chi connectivity index (χ1n) is 6.19. The number of hydrogen-bond acceptors (Lipinski definition) is 4. The van der Waals surface area contributed by atoms with Crippen LogP contribution in [0.3, 0.4) is 0 Å². The Morgan fingerprint density at radius 1 is 1.37 bits per heavy atom. The highest BCUT2D eigenvalue weighted by Gasteiger charge is 2.19. The lowest BCUT2D eigenvalue weighted by Crippen LogP contribution is -2.42. The molecule has 1 unspecified atom stereocenters. The second-order valence-corrected chi connectivity index (χ2v) is 5.36. The maximum atomic E-state index is 11.6. The number of para-hydroxylation sites is 1. The average Bonchev–Trinajstić information content (AvgIpc) is 2.28. The minimum absolute atomic E-state index is 0.145. The molecule has 0 radical (unpaired) electrons. The van der Waals surface area contributed by atoms with Crippen LogP contribution in [0.25, 0.3) is 0 Å². The molecule has 0 aliphatic heterocycles. The van der Waals surface area contributed by atoms with E-state index in [-0.39, 0.29) is 12.4 Å². The maximum absolute atomic E-state index is 11.6. The van der Waals surface area contributed by atoms with Gasteiger partial charge in [0.05, 0.1) is 12.6 Å². The molecule has 0 aromatic heterocycles. The van der Waals surface area contributed by atoms with Crippen LogP contribution in [-0.4, -0.2) is 34.6 Å². The van der Waals surface area contributed by atoms with Gasteiger partial charge in [-0.25, -0.2) is 4.79 Å². The molecule has 1 atom stereocenters. The molecule has 0 saturated carbocycles. The fraction of sp³-hybridized carbons (Fsp3) is 0.500. The number of amides is 1. The van der Waals surface area contributed by atoms with E-state index in [9.17, 15) is 15.0 Å². The van der Waals surface area contributed by atoms with Crippen LogP contribution in [0.15, 0.2) is 24.3 Å². The van der Waals surface area contributed by atoms with Gasteiger partial charge in [-0.15, -0.1) is 0 Å². The number of ether oxygens (including phenoxy) is 1. The molecule has 1 aromatic rings. The highest BCUT2D eigenvalue weighted by Crippen LogP contribution is 2.17. The number of aliphatic hydroxyl groups excluding tert-OH is 1. The number of rotatable bonds is 4. The lowest BCUT2D eigenvalue weighted by atomic mass is 10.1. The summed E-state index contributed by atoms with van der Waals surface area (Å²) in [6.45, 7) is 5.07. The predicted molar refractivity (Wildman–Crippen MR) is 72.1 cm³/mol. The average molecular weight is 267 g/mol. The molecule has 5 heteroatoms. The minimum Gasteiger partial charge on any atom is -0.508 e. The van der Waals surface area contributed by atoms with Gasteiger partial charge in [0, 0.05) is 0 Å². The van der Waals surface area contributed by atoms with Gasteiger partial charge in [-0.3, -0.25) is 0 Å². The van der Waals surface area contributed by atoms with Gasteiger partial charge in [0.2, 0.25) is 0 Å². The monoisotopic (exact) mass is 267 g/mol. The lowest BCUT2D eigenvalue weighted by molar-refractivity contribution is 0.0482. The summed E-state index contributed by atoms with van der Waals surface area (Å²) in [5, 5.41) is 21.5. The number of benzene rings is 1. The van der Waals surface area contributed by atoms with Crippen molar-refractivity contribution in [3.63, 3.8) is 0 Å². The number of carbonyl (C=O) groups excluding carboxylic acids is 1. The van der Waals surface area contributed by atoms with Crippen LogP contribution < -0.4 is 5.32 Å². The van der Waals surface area contributed by atoms with Gasteiger partial charge >= 0.3 is 6.09 Å². The second kappa shape index (κ2) is 6.43. The zero-order valence-corrected chi connectivity index (χ0v) is 11.5. The van der Waals surface area contributed by atoms with E-state index in [0.29, 0.717) is 12.0 Å². The third-order valence-electron chi connectivity index (χ3n) is 2.40. The summed E-state index contributed by atoms with van der Waals surface area (Å²) in [7, 11) is 0. The zero-order chi connectivity index (χ0) is 14.5. The van der Waals surface area contributed by atoms with E-state index >= 15 is 0 Å². The molecule has 0 saturated heterocycles. The van der Waals surface area contributed by atoms with Crippen LogP contribution in [-0.2, 0) is 11.2 Å². The summed E-state index contributed by atoms with van der Waals surface area (Å²) >= 11 is 0. The smallest absolute Gasteiger partial charge is 0.407 e. The number of hydrogen-bond donors (Lipinski definition) is 3. The van der Waals surface area contributed by atoms with E-state index in [2.05, 4.69) is 5.32 Å². The van der Waals surface area contributed by atoms with Crippen LogP contribution in [0.1, 0.15) is 26.3 Å². The molecule has 0 bridgehead atoms. The molecule has 5 nitrogen and oxygen atoms in total. The topological polar surface area (TPSA) is 78.8 Å². The van der Waals surface area contributed by atoms with Crippen molar-refractivity contribution in [2.45, 2.75) is 38.8 Å². The lowest BCUT2D eigenvalue weighted by Gasteiger charge is -2.23. The number of nitrogens with one attached hydrogen (secondary N) is 1. The Kier molecular flexibility index (Phi) is 5.18. The fourth-order valence-corrected chi connectivity index (χ4v) is 1.58. The van der Waals surface area contributed by atoms with Crippen molar-refractivity contribution in [2.24, 2.45) is 0 Å². The molecule has 1 amide bonds. The maximum Gasteiger partial charge on any atom is 0.407 e. The molecular weight excluding hydrogens is 246 g/mol. The van der Waals surface area contributed by atoms with Crippen molar-refractivity contribution in [1.82, 2.24) is 5.32 Å². The van der Waals surface area contributed by atoms with Gasteiger partial charge in [0.15, 0.2) is 0 Å². The first kappa shape index (κ1) is 15.3. The summed E-state index contributed by atoms with van der Waals surface area (Å²) in [5.41, 5.74) is 0.0801. The van der Waals surface area contributed by atoms with Gasteiger partial charge in [0.25, 0.3) is 0 Å². The van der Waals surface area contributed by atoms with Gasteiger partial charge in [-0.1, -0.05) is 18.2 Å². The SMILES string of the molecule is CC(C)(C)OC(=O)NC(CO)Cc1ccccc1O. The molecule has 0 heterocycles. The van der Waals surface area contributed by atoms with Crippen LogP contribution in [0, 0.1) is 0 Å². The van der Waals surface area contributed by atoms with E-state index < -0.39 is 17.7 Å². The number of phenolic OH excluding ortho intramolecular Hbond substituents is 1. The van der Waals surface area contributed by atoms with Crippen LogP contribution in [0.2, 0.25) is 0 Å². The largest absolute Gasteiger partial charge is 0.508 e. The van der Waals surface area contributed by atoms with Crippen LogP contribution in [0.5, 0.6) is 5.75 Å².